The van der Waals surface area contributed by atoms with Crippen LogP contribution in [0.2, 0.25) is 0 Å². The lowest BCUT2D eigenvalue weighted by Gasteiger charge is -2.03. The lowest BCUT2D eigenvalue weighted by molar-refractivity contribution is 1.30. The lowest BCUT2D eigenvalue weighted by Crippen LogP contribution is -1.86. The Morgan fingerprint density at radius 3 is 2.00 bits per heavy atom. The van der Waals surface area contributed by atoms with Gasteiger partial charge in [0.05, 0.1) is 5.01 Å². The second-order valence-corrected chi connectivity index (χ2v) is 5.62. The third-order valence-corrected chi connectivity index (χ3v) is 3.83. The zero-order chi connectivity index (χ0) is 13.2. The predicted molar refractivity (Wildman–Crippen MR) is 82.1 cm³/mol. The highest BCUT2D eigenvalue weighted by molar-refractivity contribution is 7.16. The number of hydrogen-bond donors (Lipinski definition) is 1. The standard InChI is InChI=1S/C16H14N2S/c1-11-18-15(16(17)19-11)14-9-7-13(8-10-14)12-5-3-2-4-6-12/h2-10H,17H2,1H3. The first kappa shape index (κ1) is 11.9. The van der Waals surface area contributed by atoms with Crippen molar-refractivity contribution in [1.82, 2.24) is 4.98 Å². The number of thiazole rings is 1. The van der Waals surface area contributed by atoms with E-state index in [4.69, 9.17) is 5.73 Å². The number of hydrogen-bond acceptors (Lipinski definition) is 3. The van der Waals surface area contributed by atoms with Crippen LogP contribution in [0.3, 0.4) is 0 Å². The van der Waals surface area contributed by atoms with Crippen LogP contribution in [0.1, 0.15) is 5.01 Å². The topological polar surface area (TPSA) is 38.9 Å². The quantitative estimate of drug-likeness (QED) is 0.748. The zero-order valence-corrected chi connectivity index (χ0v) is 11.4. The summed E-state index contributed by atoms with van der Waals surface area (Å²) in [5.41, 5.74) is 10.4. The van der Waals surface area contributed by atoms with E-state index in [0.29, 0.717) is 0 Å². The molecule has 19 heavy (non-hydrogen) atoms. The first-order valence-corrected chi connectivity index (χ1v) is 6.94. The molecule has 0 bridgehead atoms. The van der Waals surface area contributed by atoms with Crippen molar-refractivity contribution in [2.75, 3.05) is 5.73 Å². The molecule has 0 aliphatic heterocycles. The maximum Gasteiger partial charge on any atom is 0.114 e. The Kier molecular flexibility index (Phi) is 3.05. The summed E-state index contributed by atoms with van der Waals surface area (Å²) in [6.45, 7) is 1.98. The molecule has 0 unspecified atom stereocenters. The van der Waals surface area contributed by atoms with E-state index < -0.39 is 0 Å². The van der Waals surface area contributed by atoms with Gasteiger partial charge in [0.2, 0.25) is 0 Å². The van der Waals surface area contributed by atoms with Gasteiger partial charge in [-0.3, -0.25) is 0 Å². The molecule has 0 radical (unpaired) electrons. The molecular weight excluding hydrogens is 252 g/mol. The van der Waals surface area contributed by atoms with Crippen molar-refractivity contribution < 1.29 is 0 Å². The molecule has 0 amide bonds. The summed E-state index contributed by atoms with van der Waals surface area (Å²) in [6.07, 6.45) is 0. The van der Waals surface area contributed by atoms with Gasteiger partial charge in [0, 0.05) is 5.56 Å². The van der Waals surface area contributed by atoms with E-state index in [1.54, 1.807) is 0 Å². The largest absolute Gasteiger partial charge is 0.389 e. The fraction of sp³-hybridized carbons (Fsp3) is 0.0625. The van der Waals surface area contributed by atoms with Crippen LogP contribution in [0.25, 0.3) is 22.4 Å². The summed E-state index contributed by atoms with van der Waals surface area (Å²) in [6, 6.07) is 18.7. The molecule has 0 aliphatic rings. The first-order chi connectivity index (χ1) is 9.24. The highest BCUT2D eigenvalue weighted by Gasteiger charge is 2.08. The molecule has 0 aliphatic carbocycles. The Bertz CT molecular complexity index is 685. The summed E-state index contributed by atoms with van der Waals surface area (Å²) >= 11 is 1.53. The number of aromatic nitrogens is 1. The third-order valence-electron chi connectivity index (χ3n) is 3.03. The molecule has 2 nitrogen and oxygen atoms in total. The van der Waals surface area contributed by atoms with E-state index >= 15 is 0 Å². The van der Waals surface area contributed by atoms with Crippen LogP contribution in [0.5, 0.6) is 0 Å². The van der Waals surface area contributed by atoms with E-state index in [1.165, 1.54) is 22.5 Å². The van der Waals surface area contributed by atoms with Crippen molar-refractivity contribution in [3.63, 3.8) is 0 Å². The van der Waals surface area contributed by atoms with Gasteiger partial charge in [0.25, 0.3) is 0 Å². The summed E-state index contributed by atoms with van der Waals surface area (Å²) in [4.78, 5) is 4.48. The number of nitrogens with two attached hydrogens (primary N) is 1. The highest BCUT2D eigenvalue weighted by Crippen LogP contribution is 2.31. The van der Waals surface area contributed by atoms with E-state index in [0.717, 1.165) is 21.3 Å². The smallest absolute Gasteiger partial charge is 0.114 e. The van der Waals surface area contributed by atoms with Crippen LogP contribution in [0.15, 0.2) is 54.6 Å². The van der Waals surface area contributed by atoms with Crippen LogP contribution < -0.4 is 5.73 Å². The van der Waals surface area contributed by atoms with Gasteiger partial charge < -0.3 is 5.73 Å². The Morgan fingerprint density at radius 1 is 0.842 bits per heavy atom. The second-order valence-electron chi connectivity index (χ2n) is 4.39. The SMILES string of the molecule is Cc1nc(-c2ccc(-c3ccccc3)cc2)c(N)s1. The summed E-state index contributed by atoms with van der Waals surface area (Å²) in [5.74, 6) is 0. The number of rotatable bonds is 2. The minimum atomic E-state index is 0.782. The monoisotopic (exact) mass is 266 g/mol. The highest BCUT2D eigenvalue weighted by atomic mass is 32.1. The van der Waals surface area contributed by atoms with Gasteiger partial charge in [-0.05, 0) is 18.1 Å². The van der Waals surface area contributed by atoms with Crippen LogP contribution in [0.4, 0.5) is 5.00 Å². The number of nitrogens with zero attached hydrogens (tertiary/aromatic N) is 1. The van der Waals surface area contributed by atoms with Crippen LogP contribution >= 0.6 is 11.3 Å². The van der Waals surface area contributed by atoms with E-state index in [9.17, 15) is 0 Å². The molecule has 2 N–H and O–H groups in total. The van der Waals surface area contributed by atoms with E-state index in [-0.39, 0.29) is 0 Å². The normalized spacial score (nSPS) is 10.6. The molecule has 0 saturated heterocycles. The van der Waals surface area contributed by atoms with Crippen molar-refractivity contribution in [3.8, 4) is 22.4 Å². The average molecular weight is 266 g/mol. The maximum absolute atomic E-state index is 5.98. The number of nitrogen functional groups attached to an aromatic ring is 1. The van der Waals surface area contributed by atoms with E-state index in [1.807, 2.05) is 25.1 Å². The molecular formula is C16H14N2S. The fourth-order valence-electron chi connectivity index (χ4n) is 2.10. The van der Waals surface area contributed by atoms with Gasteiger partial charge in [-0.1, -0.05) is 54.6 Å². The van der Waals surface area contributed by atoms with Crippen molar-refractivity contribution >= 4 is 16.3 Å². The lowest BCUT2D eigenvalue weighted by atomic mass is 10.0. The molecule has 1 heterocycles. The van der Waals surface area contributed by atoms with Crippen molar-refractivity contribution in [2.24, 2.45) is 0 Å². The van der Waals surface area contributed by atoms with Crippen LogP contribution in [-0.2, 0) is 0 Å². The van der Waals surface area contributed by atoms with Gasteiger partial charge >= 0.3 is 0 Å². The molecule has 0 saturated carbocycles. The summed E-state index contributed by atoms with van der Waals surface area (Å²) in [5, 5.41) is 1.78. The predicted octanol–water partition coefficient (Wildman–Crippen LogP) is 4.37. The molecule has 2 aromatic carbocycles. The molecule has 1 aromatic heterocycles. The maximum atomic E-state index is 5.98. The van der Waals surface area contributed by atoms with Crippen LogP contribution in [0, 0.1) is 6.92 Å². The van der Waals surface area contributed by atoms with Gasteiger partial charge in [0.1, 0.15) is 10.7 Å². The minimum Gasteiger partial charge on any atom is -0.389 e. The first-order valence-electron chi connectivity index (χ1n) is 6.13. The number of benzene rings is 2. The van der Waals surface area contributed by atoms with E-state index in [2.05, 4.69) is 41.4 Å². The Labute approximate surface area is 116 Å². The van der Waals surface area contributed by atoms with Crippen LogP contribution in [-0.4, -0.2) is 4.98 Å². The molecule has 0 spiro atoms. The summed E-state index contributed by atoms with van der Waals surface area (Å²) < 4.78 is 0. The molecule has 3 heteroatoms. The molecule has 3 rings (SSSR count). The van der Waals surface area contributed by atoms with Gasteiger partial charge in [0.15, 0.2) is 0 Å². The van der Waals surface area contributed by atoms with Gasteiger partial charge in [-0.2, -0.15) is 0 Å². The second kappa shape index (κ2) is 4.86. The van der Waals surface area contributed by atoms with Crippen molar-refractivity contribution in [3.05, 3.63) is 59.6 Å². The zero-order valence-electron chi connectivity index (χ0n) is 10.6. The number of anilines is 1. The summed E-state index contributed by atoms with van der Waals surface area (Å²) in [7, 11) is 0. The Balaban J connectivity index is 1.98. The van der Waals surface area contributed by atoms with Gasteiger partial charge in [-0.15, -0.1) is 11.3 Å². The van der Waals surface area contributed by atoms with Gasteiger partial charge in [-0.25, -0.2) is 4.98 Å². The van der Waals surface area contributed by atoms with Crippen molar-refractivity contribution in [1.29, 1.82) is 0 Å². The molecule has 3 aromatic rings. The minimum absolute atomic E-state index is 0.782. The Hall–Kier alpha value is -2.13. The average Bonchev–Trinajstić information content (AvgIpc) is 2.79. The number of aryl methyl sites for hydroxylation is 1. The Morgan fingerprint density at radius 2 is 1.42 bits per heavy atom. The fourth-order valence-corrected chi connectivity index (χ4v) is 2.82. The van der Waals surface area contributed by atoms with Crippen molar-refractivity contribution in [2.45, 2.75) is 6.92 Å². The molecule has 0 atom stereocenters. The molecule has 0 fully saturated rings. The molecule has 94 valence electrons. The third kappa shape index (κ3) is 2.37.